The van der Waals surface area contributed by atoms with E-state index < -0.39 is 0 Å². The predicted octanol–water partition coefficient (Wildman–Crippen LogP) is 15.9. The zero-order chi connectivity index (χ0) is 42.8. The van der Waals surface area contributed by atoms with Crippen molar-refractivity contribution < 1.29 is 0 Å². The van der Waals surface area contributed by atoms with Crippen LogP contribution in [-0.4, -0.2) is 19.5 Å². The third-order valence-electron chi connectivity index (χ3n) is 13.0. The molecule has 2 heterocycles. The summed E-state index contributed by atoms with van der Waals surface area (Å²) in [5.41, 5.74) is 10.6. The molecule has 0 saturated heterocycles. The maximum absolute atomic E-state index is 5.48. The first-order chi connectivity index (χ1) is 32.2. The number of benzene rings is 11. The Morgan fingerprint density at radius 3 is 1.57 bits per heavy atom. The van der Waals surface area contributed by atoms with Crippen molar-refractivity contribution in [2.45, 2.75) is 0 Å². The molecule has 2 aromatic heterocycles. The zero-order valence-corrected chi connectivity index (χ0v) is 35.2. The number of aromatic nitrogens is 4. The van der Waals surface area contributed by atoms with Gasteiger partial charge in [0.1, 0.15) is 0 Å². The predicted molar refractivity (Wildman–Crippen MR) is 271 cm³/mol. The molecule has 0 amide bonds. The molecule has 65 heavy (non-hydrogen) atoms. The molecule has 0 radical (unpaired) electrons. The van der Waals surface area contributed by atoms with E-state index in [-0.39, 0.29) is 0 Å². The standard InChI is InChI=1S/C61H38N4/c1-4-16-39(17-5-1)47-30-32-50-52(35-47)58(61-63-59(43-22-8-3-9-23-43)62-60(64-61)48-29-28-40-18-10-11-24-44(40)34-48)51(41-19-6-2-7-20-41)38-56(50)65-54-33-31-42-21-14-15-27-49(42)57(54)53-36-45-25-12-13-26-46(45)37-55(53)65/h1-38H. The SMILES string of the molecule is c1ccc(-c2ccc3c(-n4c5cc6ccccc6cc5c5c6ccccc6ccc54)cc(-c4ccccc4)c(-c4nc(-c5ccccc5)nc(-c5ccc6ccccc6c5)n4)c3c2)cc1. The molecule has 13 aromatic rings. The number of nitrogens with zero attached hydrogens (tertiary/aromatic N) is 4. The highest BCUT2D eigenvalue weighted by molar-refractivity contribution is 6.24. The lowest BCUT2D eigenvalue weighted by atomic mass is 9.90. The van der Waals surface area contributed by atoms with Crippen molar-refractivity contribution in [1.82, 2.24) is 19.5 Å². The van der Waals surface area contributed by atoms with Crippen molar-refractivity contribution in [2.24, 2.45) is 0 Å². The van der Waals surface area contributed by atoms with Crippen molar-refractivity contribution in [1.29, 1.82) is 0 Å². The first kappa shape index (κ1) is 36.9. The van der Waals surface area contributed by atoms with E-state index in [0.717, 1.165) is 71.8 Å². The smallest absolute Gasteiger partial charge is 0.165 e. The quantitative estimate of drug-likeness (QED) is 0.168. The molecule has 0 unspecified atom stereocenters. The van der Waals surface area contributed by atoms with E-state index in [2.05, 4.69) is 217 Å². The van der Waals surface area contributed by atoms with Crippen LogP contribution in [0.25, 0.3) is 127 Å². The van der Waals surface area contributed by atoms with Gasteiger partial charge in [-0.25, -0.2) is 15.0 Å². The van der Waals surface area contributed by atoms with Gasteiger partial charge >= 0.3 is 0 Å². The summed E-state index contributed by atoms with van der Waals surface area (Å²) in [6, 6.07) is 82.5. The molecule has 0 atom stereocenters. The lowest BCUT2D eigenvalue weighted by Crippen LogP contribution is -2.04. The van der Waals surface area contributed by atoms with E-state index in [0.29, 0.717) is 17.5 Å². The molecule has 4 heteroatoms. The number of hydrogen-bond acceptors (Lipinski definition) is 3. The number of hydrogen-bond donors (Lipinski definition) is 0. The molecule has 0 saturated carbocycles. The third-order valence-corrected chi connectivity index (χ3v) is 13.0. The van der Waals surface area contributed by atoms with Crippen molar-refractivity contribution in [3.63, 3.8) is 0 Å². The fraction of sp³-hybridized carbons (Fsp3) is 0. The van der Waals surface area contributed by atoms with Gasteiger partial charge in [0.15, 0.2) is 17.5 Å². The van der Waals surface area contributed by atoms with Crippen LogP contribution >= 0.6 is 0 Å². The Morgan fingerprint density at radius 2 is 0.831 bits per heavy atom. The molecule has 0 bridgehead atoms. The molecule has 0 N–H and O–H groups in total. The lowest BCUT2D eigenvalue weighted by Gasteiger charge is -2.20. The van der Waals surface area contributed by atoms with Crippen molar-refractivity contribution >= 4 is 64.9 Å². The van der Waals surface area contributed by atoms with Crippen molar-refractivity contribution in [3.05, 3.63) is 231 Å². The Morgan fingerprint density at radius 1 is 0.277 bits per heavy atom. The van der Waals surface area contributed by atoms with Gasteiger partial charge in [-0.15, -0.1) is 0 Å². The van der Waals surface area contributed by atoms with Crippen LogP contribution in [0.15, 0.2) is 231 Å². The van der Waals surface area contributed by atoms with Crippen molar-refractivity contribution in [2.75, 3.05) is 0 Å². The largest absolute Gasteiger partial charge is 0.309 e. The first-order valence-corrected chi connectivity index (χ1v) is 22.1. The summed E-state index contributed by atoms with van der Waals surface area (Å²) in [5, 5.41) is 11.8. The zero-order valence-electron chi connectivity index (χ0n) is 35.2. The third kappa shape index (κ3) is 6.18. The van der Waals surface area contributed by atoms with E-state index in [1.165, 1.54) is 37.7 Å². The van der Waals surface area contributed by atoms with Crippen LogP contribution in [0.2, 0.25) is 0 Å². The molecule has 13 rings (SSSR count). The average Bonchev–Trinajstić information content (AvgIpc) is 3.71. The summed E-state index contributed by atoms with van der Waals surface area (Å²) < 4.78 is 2.49. The fourth-order valence-corrected chi connectivity index (χ4v) is 9.88. The minimum Gasteiger partial charge on any atom is -0.309 e. The highest BCUT2D eigenvalue weighted by Gasteiger charge is 2.24. The van der Waals surface area contributed by atoms with Gasteiger partial charge in [0.2, 0.25) is 0 Å². The second-order valence-electron chi connectivity index (χ2n) is 16.8. The molecule has 4 nitrogen and oxygen atoms in total. The van der Waals surface area contributed by atoms with Gasteiger partial charge in [0.25, 0.3) is 0 Å². The second-order valence-corrected chi connectivity index (χ2v) is 16.8. The maximum atomic E-state index is 5.48. The summed E-state index contributed by atoms with van der Waals surface area (Å²) in [7, 11) is 0. The Labute approximate surface area is 375 Å². The molecule has 302 valence electrons. The summed E-state index contributed by atoms with van der Waals surface area (Å²) in [4.78, 5) is 16.1. The lowest BCUT2D eigenvalue weighted by molar-refractivity contribution is 1.08. The van der Waals surface area contributed by atoms with Crippen LogP contribution in [-0.2, 0) is 0 Å². The monoisotopic (exact) mass is 826 g/mol. The number of rotatable bonds is 6. The molecule has 0 fully saturated rings. The van der Waals surface area contributed by atoms with E-state index in [9.17, 15) is 0 Å². The second kappa shape index (κ2) is 15.0. The molecule has 11 aromatic carbocycles. The van der Waals surface area contributed by atoms with Crippen LogP contribution in [0.3, 0.4) is 0 Å². The Balaban J connectivity index is 1.19. The van der Waals surface area contributed by atoms with Gasteiger partial charge in [0, 0.05) is 32.8 Å². The highest BCUT2D eigenvalue weighted by atomic mass is 15.0. The average molecular weight is 827 g/mol. The fourth-order valence-electron chi connectivity index (χ4n) is 9.88. The molecule has 0 aliphatic carbocycles. The minimum atomic E-state index is 0.613. The van der Waals surface area contributed by atoms with Gasteiger partial charge in [-0.3, -0.25) is 0 Å². The maximum Gasteiger partial charge on any atom is 0.165 e. The summed E-state index contributed by atoms with van der Waals surface area (Å²) >= 11 is 0. The number of fused-ring (bicyclic) bond motifs is 8. The highest BCUT2D eigenvalue weighted by Crippen LogP contribution is 2.46. The molecule has 0 aliphatic rings. The summed E-state index contributed by atoms with van der Waals surface area (Å²) in [6.07, 6.45) is 0. The topological polar surface area (TPSA) is 43.6 Å². The first-order valence-electron chi connectivity index (χ1n) is 22.1. The van der Waals surface area contributed by atoms with E-state index in [1.807, 2.05) is 18.2 Å². The van der Waals surface area contributed by atoms with Crippen LogP contribution in [0, 0.1) is 0 Å². The van der Waals surface area contributed by atoms with Gasteiger partial charge in [-0.1, -0.05) is 194 Å². The normalized spacial score (nSPS) is 11.7. The van der Waals surface area contributed by atoms with Gasteiger partial charge < -0.3 is 4.57 Å². The summed E-state index contributed by atoms with van der Waals surface area (Å²) in [6.45, 7) is 0. The van der Waals surface area contributed by atoms with Gasteiger partial charge in [0.05, 0.1) is 16.7 Å². The molecule has 0 aliphatic heterocycles. The van der Waals surface area contributed by atoms with Gasteiger partial charge in [-0.05, 0) is 96.4 Å². The minimum absolute atomic E-state index is 0.613. The molecule has 0 spiro atoms. The molecular formula is C61H38N4. The Kier molecular flexibility index (Phi) is 8.50. The Bertz CT molecular complexity index is 3990. The van der Waals surface area contributed by atoms with Crippen LogP contribution in [0.1, 0.15) is 0 Å². The van der Waals surface area contributed by atoms with E-state index >= 15 is 0 Å². The summed E-state index contributed by atoms with van der Waals surface area (Å²) in [5.74, 6) is 1.86. The van der Waals surface area contributed by atoms with E-state index in [4.69, 9.17) is 15.0 Å². The van der Waals surface area contributed by atoms with Crippen LogP contribution in [0.4, 0.5) is 0 Å². The van der Waals surface area contributed by atoms with E-state index in [1.54, 1.807) is 0 Å². The Hall–Kier alpha value is -8.73. The molecular weight excluding hydrogens is 789 g/mol. The van der Waals surface area contributed by atoms with Crippen LogP contribution < -0.4 is 0 Å². The van der Waals surface area contributed by atoms with Gasteiger partial charge in [-0.2, -0.15) is 0 Å². The van der Waals surface area contributed by atoms with Crippen LogP contribution in [0.5, 0.6) is 0 Å². The van der Waals surface area contributed by atoms with Crippen molar-refractivity contribution in [3.8, 4) is 62.1 Å².